The molecule has 0 saturated heterocycles. The van der Waals surface area contributed by atoms with Gasteiger partial charge in [0, 0.05) is 29.5 Å². The van der Waals surface area contributed by atoms with Gasteiger partial charge in [0.05, 0.1) is 24.6 Å². The van der Waals surface area contributed by atoms with Gasteiger partial charge in [-0.2, -0.15) is 5.10 Å². The van der Waals surface area contributed by atoms with Gasteiger partial charge in [0.15, 0.2) is 0 Å². The van der Waals surface area contributed by atoms with E-state index in [1.54, 1.807) is 29.8 Å². The van der Waals surface area contributed by atoms with Crippen LogP contribution in [0.4, 0.5) is 0 Å². The fraction of sp³-hybridized carbons (Fsp3) is 0.333. The van der Waals surface area contributed by atoms with Gasteiger partial charge in [0.2, 0.25) is 5.60 Å². The molecule has 36 heavy (non-hydrogen) atoms. The summed E-state index contributed by atoms with van der Waals surface area (Å²) in [6, 6.07) is 18.7. The van der Waals surface area contributed by atoms with E-state index in [1.165, 1.54) is 0 Å². The van der Waals surface area contributed by atoms with E-state index in [2.05, 4.69) is 15.6 Å². The Balaban J connectivity index is 1.47. The molecule has 0 spiro atoms. The summed E-state index contributed by atoms with van der Waals surface area (Å²) in [7, 11) is 0. The van der Waals surface area contributed by atoms with Crippen molar-refractivity contribution in [3.8, 4) is 11.3 Å². The predicted octanol–water partition coefficient (Wildman–Crippen LogP) is 4.84. The fourth-order valence-electron chi connectivity index (χ4n) is 4.14. The van der Waals surface area contributed by atoms with Crippen molar-refractivity contribution in [3.05, 3.63) is 76.9 Å². The second kappa shape index (κ2) is 11.0. The predicted molar refractivity (Wildman–Crippen MR) is 138 cm³/mol. The molecule has 1 atom stereocenters. The molecule has 188 valence electrons. The van der Waals surface area contributed by atoms with Crippen LogP contribution in [0, 0.1) is 0 Å². The van der Waals surface area contributed by atoms with E-state index < -0.39 is 11.6 Å². The zero-order valence-electron chi connectivity index (χ0n) is 20.5. The highest BCUT2D eigenvalue weighted by molar-refractivity contribution is 6.30. The van der Waals surface area contributed by atoms with E-state index in [0.29, 0.717) is 16.4 Å². The van der Waals surface area contributed by atoms with Gasteiger partial charge in [-0.05, 0) is 44.5 Å². The van der Waals surface area contributed by atoms with Gasteiger partial charge < -0.3 is 14.9 Å². The highest BCUT2D eigenvalue weighted by atomic mass is 35.5. The third kappa shape index (κ3) is 5.60. The van der Waals surface area contributed by atoms with Crippen LogP contribution in [0.3, 0.4) is 0 Å². The molecule has 2 aromatic carbocycles. The molecule has 0 aliphatic carbocycles. The third-order valence-electron chi connectivity index (χ3n) is 5.85. The normalized spacial score (nSPS) is 17.0. The van der Waals surface area contributed by atoms with Crippen molar-refractivity contribution in [1.29, 1.82) is 0 Å². The number of halogens is 1. The molecule has 0 saturated carbocycles. The Morgan fingerprint density at radius 2 is 1.94 bits per heavy atom. The summed E-state index contributed by atoms with van der Waals surface area (Å²) in [5, 5.41) is 12.2. The molecule has 0 bridgehead atoms. The number of aromatic nitrogens is 2. The quantitative estimate of drug-likeness (QED) is 0.417. The van der Waals surface area contributed by atoms with Crippen molar-refractivity contribution >= 4 is 29.2 Å². The largest absolute Gasteiger partial charge is 0.463 e. The maximum Gasteiger partial charge on any atom is 0.354 e. The molecule has 1 N–H and O–H groups in total. The molecule has 2 heterocycles. The number of esters is 1. The number of ether oxygens (including phenoxy) is 1. The minimum atomic E-state index is -1.30. The number of benzene rings is 2. The number of hydrogen-bond donors (Lipinski definition) is 1. The molecule has 1 amide bonds. The molecule has 3 aromatic rings. The Morgan fingerprint density at radius 1 is 1.17 bits per heavy atom. The van der Waals surface area contributed by atoms with Crippen molar-refractivity contribution < 1.29 is 19.2 Å². The van der Waals surface area contributed by atoms with Crippen molar-refractivity contribution in [2.24, 2.45) is 5.16 Å². The molecular formula is C27H29ClN4O4. The SMILES string of the molecule is CCOC(=O)C1(Cc2cccc(Cl)c2)CC(CNC(=O)c2cc(-c3ccccc3)nn2C(C)C)=NO1. The summed E-state index contributed by atoms with van der Waals surface area (Å²) in [5.74, 6) is -0.787. The first-order chi connectivity index (χ1) is 17.3. The molecule has 4 rings (SSSR count). The zero-order chi connectivity index (χ0) is 25.7. The van der Waals surface area contributed by atoms with E-state index in [4.69, 9.17) is 21.2 Å². The lowest BCUT2D eigenvalue weighted by atomic mass is 9.89. The number of carbonyl (C=O) groups is 2. The molecule has 1 aliphatic rings. The summed E-state index contributed by atoms with van der Waals surface area (Å²) >= 11 is 6.12. The smallest absolute Gasteiger partial charge is 0.354 e. The van der Waals surface area contributed by atoms with E-state index in [9.17, 15) is 9.59 Å². The van der Waals surface area contributed by atoms with Gasteiger partial charge in [-0.25, -0.2) is 4.79 Å². The van der Waals surface area contributed by atoms with Gasteiger partial charge >= 0.3 is 5.97 Å². The molecular weight excluding hydrogens is 480 g/mol. The van der Waals surface area contributed by atoms with Gasteiger partial charge in [-0.1, -0.05) is 59.2 Å². The zero-order valence-corrected chi connectivity index (χ0v) is 21.3. The van der Waals surface area contributed by atoms with Crippen LogP contribution in [-0.4, -0.2) is 46.1 Å². The first-order valence-corrected chi connectivity index (χ1v) is 12.3. The average molecular weight is 509 g/mol. The van der Waals surface area contributed by atoms with E-state index in [1.807, 2.05) is 56.3 Å². The number of nitrogens with one attached hydrogen (secondary N) is 1. The highest BCUT2D eigenvalue weighted by Crippen LogP contribution is 2.31. The number of oxime groups is 1. The van der Waals surface area contributed by atoms with E-state index in [-0.39, 0.29) is 37.9 Å². The Bertz CT molecular complexity index is 1270. The fourth-order valence-corrected chi connectivity index (χ4v) is 4.35. The molecule has 1 aromatic heterocycles. The van der Waals surface area contributed by atoms with Gasteiger partial charge in [0.25, 0.3) is 5.91 Å². The molecule has 9 heteroatoms. The average Bonchev–Trinajstić information content (AvgIpc) is 3.49. The number of rotatable bonds is 9. The van der Waals surface area contributed by atoms with E-state index >= 15 is 0 Å². The van der Waals surface area contributed by atoms with Crippen LogP contribution in [0.25, 0.3) is 11.3 Å². The molecule has 0 radical (unpaired) electrons. The lowest BCUT2D eigenvalue weighted by Gasteiger charge is -2.24. The van der Waals surface area contributed by atoms with Crippen LogP contribution in [0.5, 0.6) is 0 Å². The van der Waals surface area contributed by atoms with Crippen molar-refractivity contribution in [2.45, 2.75) is 45.3 Å². The van der Waals surface area contributed by atoms with Crippen LogP contribution >= 0.6 is 11.6 Å². The van der Waals surface area contributed by atoms with Gasteiger partial charge in [-0.15, -0.1) is 0 Å². The number of nitrogens with zero attached hydrogens (tertiary/aromatic N) is 3. The Labute approximate surface area is 215 Å². The topological polar surface area (TPSA) is 94.8 Å². The third-order valence-corrected chi connectivity index (χ3v) is 6.08. The molecule has 1 aliphatic heterocycles. The molecule has 8 nitrogen and oxygen atoms in total. The number of hydrogen-bond acceptors (Lipinski definition) is 6. The van der Waals surface area contributed by atoms with Gasteiger partial charge in [-0.3, -0.25) is 9.48 Å². The van der Waals surface area contributed by atoms with E-state index in [0.717, 1.165) is 16.8 Å². The summed E-state index contributed by atoms with van der Waals surface area (Å²) in [6.45, 7) is 6.02. The van der Waals surface area contributed by atoms with Crippen LogP contribution < -0.4 is 5.32 Å². The monoisotopic (exact) mass is 508 g/mol. The van der Waals surface area contributed by atoms with Crippen LogP contribution in [-0.2, 0) is 20.8 Å². The first-order valence-electron chi connectivity index (χ1n) is 11.9. The summed E-state index contributed by atoms with van der Waals surface area (Å²) < 4.78 is 6.99. The van der Waals surface area contributed by atoms with Crippen molar-refractivity contribution in [1.82, 2.24) is 15.1 Å². The van der Waals surface area contributed by atoms with Gasteiger partial charge in [0.1, 0.15) is 5.69 Å². The van der Waals surface area contributed by atoms with Crippen LogP contribution in [0.15, 0.2) is 65.8 Å². The first kappa shape index (κ1) is 25.4. The maximum absolute atomic E-state index is 13.1. The summed E-state index contributed by atoms with van der Waals surface area (Å²) in [5.41, 5.74) is 2.15. The highest BCUT2D eigenvalue weighted by Gasteiger charge is 2.48. The molecule has 0 fully saturated rings. The Morgan fingerprint density at radius 3 is 2.64 bits per heavy atom. The second-order valence-corrected chi connectivity index (χ2v) is 9.39. The van der Waals surface area contributed by atoms with Crippen molar-refractivity contribution in [3.63, 3.8) is 0 Å². The van der Waals surface area contributed by atoms with Crippen molar-refractivity contribution in [2.75, 3.05) is 13.2 Å². The number of amides is 1. The standard InChI is InChI=1S/C27H29ClN4O4/c1-4-35-26(34)27(15-19-9-8-12-21(28)13-19)16-22(31-36-27)17-29-25(33)24-14-23(30-32(24)18(2)3)20-10-6-5-7-11-20/h5-14,18H,4,15-17H2,1-3H3,(H,29,33). The maximum atomic E-state index is 13.1. The summed E-state index contributed by atoms with van der Waals surface area (Å²) in [6.07, 6.45) is 0.436. The lowest BCUT2D eigenvalue weighted by molar-refractivity contribution is -0.168. The Hall–Kier alpha value is -3.65. The lowest BCUT2D eigenvalue weighted by Crippen LogP contribution is -2.43. The second-order valence-electron chi connectivity index (χ2n) is 8.95. The minimum Gasteiger partial charge on any atom is -0.463 e. The molecule has 1 unspecified atom stereocenters. The van der Waals surface area contributed by atoms with Crippen LogP contribution in [0.1, 0.15) is 49.3 Å². The van der Waals surface area contributed by atoms with Crippen LogP contribution in [0.2, 0.25) is 5.02 Å². The Kier molecular flexibility index (Phi) is 7.74. The summed E-state index contributed by atoms with van der Waals surface area (Å²) in [4.78, 5) is 31.7. The minimum absolute atomic E-state index is 0.00970. The number of carbonyl (C=O) groups excluding carboxylic acids is 2.